The predicted octanol–water partition coefficient (Wildman–Crippen LogP) is 6.57. The van der Waals surface area contributed by atoms with Crippen molar-refractivity contribution in [3.05, 3.63) is 45.4 Å². The molecule has 1 aliphatic rings. The Balaban J connectivity index is 1.47. The summed E-state index contributed by atoms with van der Waals surface area (Å²) in [4.78, 5) is 17.1. The van der Waals surface area contributed by atoms with E-state index >= 15 is 0 Å². The number of carbonyl (C=O) groups excluding carboxylic acids is 1. The maximum atomic E-state index is 12.5. The van der Waals surface area contributed by atoms with Crippen molar-refractivity contribution in [2.45, 2.75) is 96.8 Å². The molecule has 2 N–H and O–H groups in total. The van der Waals surface area contributed by atoms with Crippen molar-refractivity contribution in [3.63, 3.8) is 0 Å². The van der Waals surface area contributed by atoms with Crippen LogP contribution in [-0.2, 0) is 10.8 Å². The molecule has 2 heterocycles. The molecule has 1 unspecified atom stereocenters. The third-order valence-electron chi connectivity index (χ3n) is 7.77. The van der Waals surface area contributed by atoms with Crippen LogP contribution in [0.15, 0.2) is 23.6 Å². The Hall–Kier alpha value is -1.92. The van der Waals surface area contributed by atoms with Gasteiger partial charge in [-0.2, -0.15) is 0 Å². The Morgan fingerprint density at radius 2 is 1.94 bits per heavy atom. The van der Waals surface area contributed by atoms with Crippen molar-refractivity contribution in [2.75, 3.05) is 26.2 Å². The van der Waals surface area contributed by atoms with E-state index < -0.39 is 0 Å². The molecule has 1 fully saturated rings. The zero-order valence-corrected chi connectivity index (χ0v) is 23.4. The number of hydrogen-bond donors (Lipinski definition) is 2. The first kappa shape index (κ1) is 27.7. The van der Waals surface area contributed by atoms with Crippen LogP contribution < -0.4 is 15.4 Å². The van der Waals surface area contributed by atoms with E-state index in [1.807, 2.05) is 5.38 Å². The van der Waals surface area contributed by atoms with Crippen LogP contribution in [0.3, 0.4) is 0 Å². The summed E-state index contributed by atoms with van der Waals surface area (Å²) in [5, 5.41) is 9.41. The first-order valence-corrected chi connectivity index (χ1v) is 14.3. The van der Waals surface area contributed by atoms with Crippen molar-refractivity contribution >= 4 is 17.2 Å². The van der Waals surface area contributed by atoms with Gasteiger partial charge in [-0.15, -0.1) is 11.3 Å². The van der Waals surface area contributed by atoms with Crippen LogP contribution in [0, 0.1) is 0 Å². The summed E-state index contributed by atoms with van der Waals surface area (Å²) in [6.07, 6.45) is 6.25. The number of ether oxygens (including phenoxy) is 1. The zero-order valence-electron chi connectivity index (χ0n) is 22.6. The van der Waals surface area contributed by atoms with Crippen LogP contribution in [0.5, 0.6) is 5.75 Å². The Morgan fingerprint density at radius 3 is 2.63 bits per heavy atom. The lowest BCUT2D eigenvalue weighted by atomic mass is 9.76. The standard InChI is InChI=1S/C29H45N3O2S/c1-7-28(3,4)22-13-14-25(23(18-22)29(5,6)8-2)34-17-10-9-16-31-26(33)24-20-35-27(32-24)21-12-11-15-30-19-21/h13-14,18,20-21,30H,7-12,15-17,19H2,1-6H3,(H,31,33). The summed E-state index contributed by atoms with van der Waals surface area (Å²) in [7, 11) is 0. The highest BCUT2D eigenvalue weighted by molar-refractivity contribution is 7.09. The van der Waals surface area contributed by atoms with Gasteiger partial charge < -0.3 is 15.4 Å². The number of hydrogen-bond acceptors (Lipinski definition) is 5. The highest BCUT2D eigenvalue weighted by atomic mass is 32.1. The molecule has 1 atom stereocenters. The normalized spacial score (nSPS) is 16.8. The highest BCUT2D eigenvalue weighted by Gasteiger charge is 2.26. The average Bonchev–Trinajstić information content (AvgIpc) is 3.37. The average molecular weight is 500 g/mol. The largest absolute Gasteiger partial charge is 0.493 e. The lowest BCUT2D eigenvalue weighted by Gasteiger charge is -2.30. The van der Waals surface area contributed by atoms with E-state index in [0.717, 1.165) is 56.0 Å². The molecule has 0 spiro atoms. The Labute approximate surface area is 216 Å². The fourth-order valence-electron chi connectivity index (χ4n) is 4.34. The van der Waals surface area contributed by atoms with E-state index in [-0.39, 0.29) is 16.7 Å². The minimum Gasteiger partial charge on any atom is -0.493 e. The summed E-state index contributed by atoms with van der Waals surface area (Å²) in [6.45, 7) is 17.0. The number of nitrogens with one attached hydrogen (secondary N) is 2. The smallest absolute Gasteiger partial charge is 0.270 e. The number of thiazole rings is 1. The molecule has 2 aromatic rings. The van der Waals surface area contributed by atoms with Gasteiger partial charge in [-0.25, -0.2) is 4.98 Å². The second kappa shape index (κ2) is 12.4. The van der Waals surface area contributed by atoms with Gasteiger partial charge in [-0.3, -0.25) is 4.79 Å². The van der Waals surface area contributed by atoms with E-state index in [1.54, 1.807) is 11.3 Å². The van der Waals surface area contributed by atoms with E-state index in [1.165, 1.54) is 17.5 Å². The van der Waals surface area contributed by atoms with E-state index in [2.05, 4.69) is 75.4 Å². The van der Waals surface area contributed by atoms with Crippen molar-refractivity contribution in [3.8, 4) is 5.75 Å². The molecule has 0 radical (unpaired) electrons. The molecule has 5 nitrogen and oxygen atoms in total. The Morgan fingerprint density at radius 1 is 1.17 bits per heavy atom. The number of rotatable bonds is 12. The maximum absolute atomic E-state index is 12.5. The van der Waals surface area contributed by atoms with Crippen LogP contribution in [-0.4, -0.2) is 37.1 Å². The van der Waals surface area contributed by atoms with Gasteiger partial charge in [0.05, 0.1) is 11.6 Å². The monoisotopic (exact) mass is 499 g/mol. The molecule has 1 saturated heterocycles. The fourth-order valence-corrected chi connectivity index (χ4v) is 5.28. The molecule has 3 rings (SSSR count). The summed E-state index contributed by atoms with van der Waals surface area (Å²) in [5.41, 5.74) is 3.42. The number of benzene rings is 1. The van der Waals surface area contributed by atoms with Gasteiger partial charge in [0.2, 0.25) is 0 Å². The van der Waals surface area contributed by atoms with E-state index in [4.69, 9.17) is 4.74 Å². The SMILES string of the molecule is CCC(C)(C)c1ccc(OCCCCNC(=O)c2csc(C3CCCNC3)n2)c(C(C)(C)CC)c1. The van der Waals surface area contributed by atoms with Gasteiger partial charge in [0.1, 0.15) is 11.4 Å². The minimum absolute atomic E-state index is 0.0587. The molecule has 0 bridgehead atoms. The van der Waals surface area contributed by atoms with Crippen LogP contribution in [0.4, 0.5) is 0 Å². The number of piperidine rings is 1. The van der Waals surface area contributed by atoms with E-state index in [9.17, 15) is 4.79 Å². The van der Waals surface area contributed by atoms with Crippen LogP contribution >= 0.6 is 11.3 Å². The van der Waals surface area contributed by atoms with Crippen LogP contribution in [0.25, 0.3) is 0 Å². The molecule has 1 aliphatic heterocycles. The highest BCUT2D eigenvalue weighted by Crippen LogP contribution is 2.38. The topological polar surface area (TPSA) is 63.2 Å². The Bertz CT molecular complexity index is 961. The van der Waals surface area contributed by atoms with Gasteiger partial charge in [-0.05, 0) is 67.5 Å². The molecule has 194 valence electrons. The van der Waals surface area contributed by atoms with Gasteiger partial charge in [-0.1, -0.05) is 53.7 Å². The van der Waals surface area contributed by atoms with Crippen LogP contribution in [0.2, 0.25) is 0 Å². The minimum atomic E-state index is -0.0710. The summed E-state index contributed by atoms with van der Waals surface area (Å²) in [5.74, 6) is 1.36. The van der Waals surface area contributed by atoms with Crippen molar-refractivity contribution in [1.82, 2.24) is 15.6 Å². The van der Waals surface area contributed by atoms with Crippen molar-refractivity contribution < 1.29 is 9.53 Å². The number of amides is 1. The van der Waals surface area contributed by atoms with Crippen molar-refractivity contribution in [1.29, 1.82) is 0 Å². The number of unbranched alkanes of at least 4 members (excludes halogenated alkanes) is 1. The summed E-state index contributed by atoms with van der Waals surface area (Å²) in [6, 6.07) is 6.73. The number of nitrogens with zero attached hydrogens (tertiary/aromatic N) is 1. The van der Waals surface area contributed by atoms with Gasteiger partial charge in [0.25, 0.3) is 5.91 Å². The molecule has 1 amide bonds. The predicted molar refractivity (Wildman–Crippen MR) is 147 cm³/mol. The molecule has 6 heteroatoms. The molecule has 1 aromatic heterocycles. The van der Waals surface area contributed by atoms with Crippen molar-refractivity contribution in [2.24, 2.45) is 0 Å². The molecular formula is C29H45N3O2S. The zero-order chi connectivity index (χ0) is 25.5. The summed E-state index contributed by atoms with van der Waals surface area (Å²) >= 11 is 1.61. The summed E-state index contributed by atoms with van der Waals surface area (Å²) < 4.78 is 6.26. The Kier molecular flexibility index (Phi) is 9.77. The number of aromatic nitrogens is 1. The van der Waals surface area contributed by atoms with Crippen LogP contribution in [0.1, 0.15) is 113 Å². The first-order chi connectivity index (χ1) is 16.7. The molecule has 1 aromatic carbocycles. The quantitative estimate of drug-likeness (QED) is 0.324. The fraction of sp³-hybridized carbons (Fsp3) is 0.655. The lowest BCUT2D eigenvalue weighted by Crippen LogP contribution is -2.28. The van der Waals surface area contributed by atoms with Gasteiger partial charge >= 0.3 is 0 Å². The third-order valence-corrected chi connectivity index (χ3v) is 8.78. The molecular weight excluding hydrogens is 454 g/mol. The van der Waals surface area contributed by atoms with E-state index in [0.29, 0.717) is 24.8 Å². The molecule has 0 saturated carbocycles. The third kappa shape index (κ3) is 7.29. The second-order valence-electron chi connectivity index (χ2n) is 11.1. The maximum Gasteiger partial charge on any atom is 0.270 e. The van der Waals surface area contributed by atoms with Gasteiger partial charge in [0, 0.05) is 30.0 Å². The van der Waals surface area contributed by atoms with Gasteiger partial charge in [0.15, 0.2) is 0 Å². The number of carbonyl (C=O) groups is 1. The molecule has 35 heavy (non-hydrogen) atoms. The lowest BCUT2D eigenvalue weighted by molar-refractivity contribution is 0.0947. The second-order valence-corrected chi connectivity index (χ2v) is 12.0. The molecule has 0 aliphatic carbocycles. The first-order valence-electron chi connectivity index (χ1n) is 13.4.